The number of aromatic hydroxyl groups is 1. The smallest absolute Gasteiger partial charge is 0.416 e. The van der Waals surface area contributed by atoms with Gasteiger partial charge in [0, 0.05) is 16.6 Å². The van der Waals surface area contributed by atoms with Gasteiger partial charge < -0.3 is 10.8 Å². The van der Waals surface area contributed by atoms with E-state index in [1.54, 1.807) is 6.92 Å². The third-order valence-electron chi connectivity index (χ3n) is 2.03. The maximum atomic E-state index is 12.3. The molecule has 0 aliphatic carbocycles. The Bertz CT molecular complexity index is 367. The Hall–Kier alpha value is -0.940. The van der Waals surface area contributed by atoms with Gasteiger partial charge in [-0.2, -0.15) is 13.2 Å². The number of hydrogen-bond acceptors (Lipinski definition) is 2. The van der Waals surface area contributed by atoms with E-state index in [4.69, 9.17) is 17.3 Å². The number of halogens is 4. The Morgan fingerprint density at radius 3 is 2.38 bits per heavy atom. The van der Waals surface area contributed by atoms with Crippen molar-refractivity contribution in [3.05, 3.63) is 28.3 Å². The molecule has 0 saturated carbocycles. The lowest BCUT2D eigenvalue weighted by Gasteiger charge is -2.13. The van der Waals surface area contributed by atoms with Crippen LogP contribution < -0.4 is 5.73 Å². The Balaban J connectivity index is 3.18. The molecule has 3 N–H and O–H groups in total. The van der Waals surface area contributed by atoms with E-state index in [0.717, 1.165) is 6.07 Å². The van der Waals surface area contributed by atoms with E-state index in [9.17, 15) is 18.3 Å². The fraction of sp³-hybridized carbons (Fsp3) is 0.400. The third-order valence-corrected chi connectivity index (χ3v) is 2.36. The van der Waals surface area contributed by atoms with E-state index in [1.165, 1.54) is 0 Å². The van der Waals surface area contributed by atoms with Crippen molar-refractivity contribution in [1.29, 1.82) is 0 Å². The molecular formula is C10H11ClF3NO. The molecule has 0 amide bonds. The quantitative estimate of drug-likeness (QED) is 0.851. The van der Waals surface area contributed by atoms with E-state index >= 15 is 0 Å². The average molecular weight is 254 g/mol. The van der Waals surface area contributed by atoms with Crippen LogP contribution in [-0.4, -0.2) is 11.1 Å². The van der Waals surface area contributed by atoms with Gasteiger partial charge in [-0.25, -0.2) is 0 Å². The molecule has 0 fully saturated rings. The normalized spacial score (nSPS) is 13.9. The third kappa shape index (κ3) is 3.02. The maximum absolute atomic E-state index is 12.3. The monoisotopic (exact) mass is 253 g/mol. The molecule has 1 atom stereocenters. The number of phenolic OH excluding ortho intramolecular Hbond substituents is 1. The van der Waals surface area contributed by atoms with E-state index < -0.39 is 17.5 Å². The van der Waals surface area contributed by atoms with Gasteiger partial charge in [-0.15, -0.1) is 0 Å². The summed E-state index contributed by atoms with van der Waals surface area (Å²) in [6, 6.07) is 1.16. The van der Waals surface area contributed by atoms with E-state index in [1.807, 2.05) is 0 Å². The van der Waals surface area contributed by atoms with Crippen molar-refractivity contribution in [3.8, 4) is 5.75 Å². The minimum Gasteiger partial charge on any atom is -0.508 e. The van der Waals surface area contributed by atoms with Gasteiger partial charge in [-0.05, 0) is 25.5 Å². The molecule has 0 saturated heterocycles. The zero-order valence-corrected chi connectivity index (χ0v) is 9.23. The SMILES string of the molecule is CC(N)Cc1c(O)cc(C(F)(F)F)cc1Cl. The van der Waals surface area contributed by atoms with E-state index in [2.05, 4.69) is 0 Å². The van der Waals surface area contributed by atoms with Crippen molar-refractivity contribution >= 4 is 11.6 Å². The molecule has 0 spiro atoms. The lowest BCUT2D eigenvalue weighted by atomic mass is 10.0. The molecular weight excluding hydrogens is 243 g/mol. The molecule has 1 aromatic rings. The van der Waals surface area contributed by atoms with Gasteiger partial charge >= 0.3 is 6.18 Å². The molecule has 1 rings (SSSR count). The second-order valence-corrected chi connectivity index (χ2v) is 4.04. The standard InChI is InChI=1S/C10H11ClF3NO/c1-5(15)2-7-8(11)3-6(4-9(7)16)10(12,13)14/h3-5,16H,2,15H2,1H3. The highest BCUT2D eigenvalue weighted by Crippen LogP contribution is 2.36. The number of alkyl halides is 3. The fourth-order valence-corrected chi connectivity index (χ4v) is 1.60. The van der Waals surface area contributed by atoms with Crippen molar-refractivity contribution in [3.63, 3.8) is 0 Å². The summed E-state index contributed by atoms with van der Waals surface area (Å²) in [4.78, 5) is 0. The van der Waals surface area contributed by atoms with Crippen LogP contribution in [0.4, 0.5) is 13.2 Å². The van der Waals surface area contributed by atoms with E-state index in [-0.39, 0.29) is 23.0 Å². The molecule has 0 aliphatic rings. The largest absolute Gasteiger partial charge is 0.508 e. The van der Waals surface area contributed by atoms with Crippen LogP contribution in [0.1, 0.15) is 18.1 Å². The summed E-state index contributed by atoms with van der Waals surface area (Å²) in [5.74, 6) is -0.475. The minimum atomic E-state index is -4.52. The summed E-state index contributed by atoms with van der Waals surface area (Å²) in [7, 11) is 0. The van der Waals surface area contributed by atoms with Crippen LogP contribution in [0.25, 0.3) is 0 Å². The zero-order valence-electron chi connectivity index (χ0n) is 8.48. The van der Waals surface area contributed by atoms with Gasteiger partial charge in [-0.1, -0.05) is 11.6 Å². The number of phenols is 1. The summed E-state index contributed by atoms with van der Waals surface area (Å²) in [5, 5.41) is 9.32. The van der Waals surface area contributed by atoms with Crippen LogP contribution in [0.15, 0.2) is 12.1 Å². The first-order valence-corrected chi connectivity index (χ1v) is 4.93. The van der Waals surface area contributed by atoms with Crippen molar-refractivity contribution in [1.82, 2.24) is 0 Å². The molecule has 0 aliphatic heterocycles. The Kier molecular flexibility index (Phi) is 3.70. The first-order chi connectivity index (χ1) is 7.21. The van der Waals surface area contributed by atoms with Crippen LogP contribution in [0, 0.1) is 0 Å². The molecule has 16 heavy (non-hydrogen) atoms. The summed E-state index contributed by atoms with van der Waals surface area (Å²) in [5.41, 5.74) is 4.77. The molecule has 1 aromatic carbocycles. The summed E-state index contributed by atoms with van der Waals surface area (Å²) < 4.78 is 37.0. The zero-order chi connectivity index (χ0) is 12.5. The topological polar surface area (TPSA) is 46.2 Å². The van der Waals surface area contributed by atoms with Gasteiger partial charge in [-0.3, -0.25) is 0 Å². The lowest BCUT2D eigenvalue weighted by molar-refractivity contribution is -0.137. The first kappa shape index (κ1) is 13.1. The second kappa shape index (κ2) is 4.51. The number of hydrogen-bond donors (Lipinski definition) is 2. The average Bonchev–Trinajstić information content (AvgIpc) is 2.09. The highest BCUT2D eigenvalue weighted by Gasteiger charge is 2.32. The van der Waals surface area contributed by atoms with Gasteiger partial charge in [0.2, 0.25) is 0 Å². The van der Waals surface area contributed by atoms with Crippen molar-refractivity contribution < 1.29 is 18.3 Å². The highest BCUT2D eigenvalue weighted by molar-refractivity contribution is 6.31. The van der Waals surface area contributed by atoms with Crippen molar-refractivity contribution in [2.45, 2.75) is 25.6 Å². The predicted molar refractivity (Wildman–Crippen MR) is 55.5 cm³/mol. The van der Waals surface area contributed by atoms with Crippen LogP contribution in [0.2, 0.25) is 5.02 Å². The van der Waals surface area contributed by atoms with Crippen LogP contribution in [0.3, 0.4) is 0 Å². The number of nitrogens with two attached hydrogens (primary N) is 1. The number of benzene rings is 1. The fourth-order valence-electron chi connectivity index (χ4n) is 1.31. The van der Waals surface area contributed by atoms with Crippen LogP contribution >= 0.6 is 11.6 Å². The molecule has 1 unspecified atom stereocenters. The molecule has 2 nitrogen and oxygen atoms in total. The van der Waals surface area contributed by atoms with Gasteiger partial charge in [0.15, 0.2) is 0 Å². The van der Waals surface area contributed by atoms with Gasteiger partial charge in [0.25, 0.3) is 0 Å². The van der Waals surface area contributed by atoms with Crippen molar-refractivity contribution in [2.75, 3.05) is 0 Å². The summed E-state index contributed by atoms with van der Waals surface area (Å²) in [6.07, 6.45) is -4.29. The van der Waals surface area contributed by atoms with Gasteiger partial charge in [0.1, 0.15) is 5.75 Å². The molecule has 0 heterocycles. The number of rotatable bonds is 2. The highest BCUT2D eigenvalue weighted by atomic mass is 35.5. The van der Waals surface area contributed by atoms with Crippen molar-refractivity contribution in [2.24, 2.45) is 5.73 Å². The molecule has 6 heteroatoms. The lowest BCUT2D eigenvalue weighted by Crippen LogP contribution is -2.18. The Labute approximate surface area is 95.8 Å². The molecule has 0 bridgehead atoms. The summed E-state index contributed by atoms with van der Waals surface area (Å²) in [6.45, 7) is 1.67. The summed E-state index contributed by atoms with van der Waals surface area (Å²) >= 11 is 5.67. The van der Waals surface area contributed by atoms with Crippen LogP contribution in [-0.2, 0) is 12.6 Å². The van der Waals surface area contributed by atoms with Gasteiger partial charge in [0.05, 0.1) is 5.56 Å². The molecule has 90 valence electrons. The second-order valence-electron chi connectivity index (χ2n) is 3.63. The Morgan fingerprint density at radius 1 is 1.44 bits per heavy atom. The van der Waals surface area contributed by atoms with E-state index in [0.29, 0.717) is 6.07 Å². The first-order valence-electron chi connectivity index (χ1n) is 4.56. The predicted octanol–water partition coefficient (Wildman–Crippen LogP) is 2.95. The Morgan fingerprint density at radius 2 is 2.00 bits per heavy atom. The van der Waals surface area contributed by atoms with Crippen LogP contribution in [0.5, 0.6) is 5.75 Å². The molecule has 0 aromatic heterocycles. The molecule has 0 radical (unpaired) electrons. The minimum absolute atomic E-state index is 0.121. The maximum Gasteiger partial charge on any atom is 0.416 e.